The normalized spacial score (nSPS) is 13.1. The van der Waals surface area contributed by atoms with Gasteiger partial charge in [0, 0.05) is 10.7 Å². The maximum Gasteiger partial charge on any atom is 0.258 e. The highest BCUT2D eigenvalue weighted by atomic mass is 35.5. The van der Waals surface area contributed by atoms with Crippen LogP contribution in [0.3, 0.4) is 0 Å². The summed E-state index contributed by atoms with van der Waals surface area (Å²) in [4.78, 5) is 26.0. The van der Waals surface area contributed by atoms with Crippen molar-refractivity contribution < 1.29 is 14.3 Å². The van der Waals surface area contributed by atoms with E-state index in [0.717, 1.165) is 0 Å². The van der Waals surface area contributed by atoms with Gasteiger partial charge in [-0.25, -0.2) is 0 Å². The van der Waals surface area contributed by atoms with Gasteiger partial charge in [0.05, 0.1) is 18.7 Å². The number of anilines is 2. The quantitative estimate of drug-likeness (QED) is 0.538. The molecule has 0 saturated heterocycles. The largest absolute Gasteiger partial charge is 0.491 e. The number of ether oxygens (including phenoxy) is 1. The number of thiocarbonyl (C=S) groups is 1. The van der Waals surface area contributed by atoms with Gasteiger partial charge in [-0.1, -0.05) is 29.8 Å². The van der Waals surface area contributed by atoms with Crippen LogP contribution in [0.4, 0.5) is 11.4 Å². The summed E-state index contributed by atoms with van der Waals surface area (Å²) in [6.07, 6.45) is 0.199. The first-order valence-electron chi connectivity index (χ1n) is 8.16. The fourth-order valence-corrected chi connectivity index (χ4v) is 2.89. The molecule has 0 radical (unpaired) electrons. The van der Waals surface area contributed by atoms with Gasteiger partial charge < -0.3 is 10.1 Å². The Balaban J connectivity index is 1.57. The topological polar surface area (TPSA) is 82.7 Å². The van der Waals surface area contributed by atoms with Crippen LogP contribution in [-0.4, -0.2) is 30.1 Å². The van der Waals surface area contributed by atoms with Crippen molar-refractivity contribution in [3.63, 3.8) is 0 Å². The Morgan fingerprint density at radius 2 is 2.00 bits per heavy atom. The highest BCUT2D eigenvalue weighted by molar-refractivity contribution is 7.80. The number of nitrogens with one attached hydrogen (secondary N) is 3. The molecule has 1 heterocycles. The predicted octanol–water partition coefficient (Wildman–Crippen LogP) is 2.47. The van der Waals surface area contributed by atoms with Crippen LogP contribution in [0.2, 0.25) is 5.02 Å². The number of para-hydroxylation sites is 2. The smallest absolute Gasteiger partial charge is 0.258 e. The Morgan fingerprint density at radius 3 is 2.81 bits per heavy atom. The number of hydrogen-bond donors (Lipinski definition) is 3. The Hall–Kier alpha value is -2.84. The van der Waals surface area contributed by atoms with E-state index < -0.39 is 5.91 Å². The van der Waals surface area contributed by atoms with Crippen molar-refractivity contribution in [1.82, 2.24) is 10.9 Å². The molecule has 0 bridgehead atoms. The van der Waals surface area contributed by atoms with Crippen LogP contribution in [0, 0.1) is 0 Å². The Morgan fingerprint density at radius 1 is 1.19 bits per heavy atom. The Kier molecular flexibility index (Phi) is 6.10. The van der Waals surface area contributed by atoms with Gasteiger partial charge in [-0.05, 0) is 42.5 Å². The summed E-state index contributed by atoms with van der Waals surface area (Å²) >= 11 is 11.0. The Labute approximate surface area is 166 Å². The number of nitrogens with zero attached hydrogens (tertiary/aromatic N) is 1. The van der Waals surface area contributed by atoms with Crippen molar-refractivity contribution in [2.75, 3.05) is 23.4 Å². The van der Waals surface area contributed by atoms with E-state index in [2.05, 4.69) is 16.2 Å². The lowest BCUT2D eigenvalue weighted by atomic mass is 10.2. The lowest BCUT2D eigenvalue weighted by Gasteiger charge is -2.21. The number of hydrazine groups is 1. The average molecular weight is 405 g/mol. The van der Waals surface area contributed by atoms with Crippen LogP contribution in [0.5, 0.6) is 5.75 Å². The number of halogens is 1. The van der Waals surface area contributed by atoms with Gasteiger partial charge in [0.1, 0.15) is 12.3 Å². The molecule has 0 spiro atoms. The number of hydrogen-bond acceptors (Lipinski definition) is 4. The first-order valence-corrected chi connectivity index (χ1v) is 8.95. The summed E-state index contributed by atoms with van der Waals surface area (Å²) in [6.45, 7) is 0.117. The number of rotatable bonds is 3. The van der Waals surface area contributed by atoms with Crippen molar-refractivity contribution in [2.24, 2.45) is 0 Å². The second-order valence-electron chi connectivity index (χ2n) is 5.68. The lowest BCUT2D eigenvalue weighted by Crippen LogP contribution is -2.48. The van der Waals surface area contributed by atoms with Gasteiger partial charge in [0.15, 0.2) is 5.11 Å². The third-order valence-corrected chi connectivity index (χ3v) is 4.17. The number of fused-ring (bicyclic) bond motifs is 1. The molecule has 0 aliphatic carbocycles. The molecular weight excluding hydrogens is 388 g/mol. The number of carbonyl (C=O) groups is 2. The number of benzene rings is 2. The van der Waals surface area contributed by atoms with E-state index in [1.54, 1.807) is 42.5 Å². The van der Waals surface area contributed by atoms with E-state index in [-0.39, 0.29) is 30.6 Å². The zero-order valence-electron chi connectivity index (χ0n) is 14.2. The second-order valence-corrected chi connectivity index (χ2v) is 6.53. The minimum Gasteiger partial charge on any atom is -0.491 e. The highest BCUT2D eigenvalue weighted by Gasteiger charge is 2.24. The predicted molar refractivity (Wildman–Crippen MR) is 108 cm³/mol. The average Bonchev–Trinajstić information content (AvgIpc) is 2.79. The fraction of sp³-hybridized carbons (Fsp3) is 0.167. The van der Waals surface area contributed by atoms with E-state index in [1.165, 1.54) is 4.90 Å². The summed E-state index contributed by atoms with van der Waals surface area (Å²) in [7, 11) is 0. The SMILES string of the molecule is O=C(CN1C(=O)CCOc2ccccc21)NNC(=S)Nc1cccc(Cl)c1. The third kappa shape index (κ3) is 5.08. The minimum absolute atomic E-state index is 0.161. The van der Waals surface area contributed by atoms with Gasteiger partial charge >= 0.3 is 0 Å². The summed E-state index contributed by atoms with van der Waals surface area (Å²) in [5.74, 6) is -0.0349. The lowest BCUT2D eigenvalue weighted by molar-refractivity contribution is -0.124. The first kappa shape index (κ1) is 18.9. The van der Waals surface area contributed by atoms with Gasteiger partial charge in [-0.2, -0.15) is 0 Å². The van der Waals surface area contributed by atoms with Crippen LogP contribution < -0.4 is 25.8 Å². The van der Waals surface area contributed by atoms with Gasteiger partial charge in [0.2, 0.25) is 5.91 Å². The van der Waals surface area contributed by atoms with Crippen LogP contribution in [-0.2, 0) is 9.59 Å². The third-order valence-electron chi connectivity index (χ3n) is 3.73. The van der Waals surface area contributed by atoms with Crippen molar-refractivity contribution in [3.8, 4) is 5.75 Å². The van der Waals surface area contributed by atoms with Crippen LogP contribution >= 0.6 is 23.8 Å². The van der Waals surface area contributed by atoms with Crippen LogP contribution in [0.15, 0.2) is 48.5 Å². The van der Waals surface area contributed by atoms with E-state index >= 15 is 0 Å². The fourth-order valence-electron chi connectivity index (χ4n) is 2.53. The zero-order chi connectivity index (χ0) is 19.2. The van der Waals surface area contributed by atoms with E-state index in [4.69, 9.17) is 28.6 Å². The first-order chi connectivity index (χ1) is 13.0. The summed E-state index contributed by atoms with van der Waals surface area (Å²) in [5, 5.41) is 3.65. The molecule has 140 valence electrons. The minimum atomic E-state index is -0.421. The van der Waals surface area contributed by atoms with Crippen molar-refractivity contribution in [2.45, 2.75) is 6.42 Å². The summed E-state index contributed by atoms with van der Waals surface area (Å²) < 4.78 is 5.55. The Bertz CT molecular complexity index is 877. The molecule has 1 aliphatic heterocycles. The maximum absolute atomic E-state index is 12.3. The van der Waals surface area contributed by atoms with Crippen LogP contribution in [0.25, 0.3) is 0 Å². The number of amides is 2. The van der Waals surface area contributed by atoms with E-state index in [1.807, 2.05) is 6.07 Å². The van der Waals surface area contributed by atoms with Crippen LogP contribution in [0.1, 0.15) is 6.42 Å². The molecule has 1 aliphatic rings. The monoisotopic (exact) mass is 404 g/mol. The van der Waals surface area contributed by atoms with Crippen molar-refractivity contribution in [3.05, 3.63) is 53.6 Å². The molecule has 3 N–H and O–H groups in total. The molecule has 0 atom stereocenters. The molecule has 27 heavy (non-hydrogen) atoms. The molecule has 7 nitrogen and oxygen atoms in total. The van der Waals surface area contributed by atoms with E-state index in [0.29, 0.717) is 22.1 Å². The van der Waals surface area contributed by atoms with Gasteiger partial charge in [0.25, 0.3) is 5.91 Å². The van der Waals surface area contributed by atoms with Crippen molar-refractivity contribution in [1.29, 1.82) is 0 Å². The molecular formula is C18H17ClN4O3S. The molecule has 0 saturated carbocycles. The molecule has 2 amide bonds. The second kappa shape index (κ2) is 8.70. The summed E-state index contributed by atoms with van der Waals surface area (Å²) in [6, 6.07) is 14.1. The standard InChI is InChI=1S/C18H17ClN4O3S/c19-12-4-3-5-13(10-12)20-18(27)22-21-16(24)11-23-14-6-1-2-7-15(14)26-9-8-17(23)25/h1-7,10H,8-9,11H2,(H,21,24)(H2,20,22,27). The number of carbonyl (C=O) groups excluding carboxylic acids is 2. The maximum atomic E-state index is 12.3. The molecule has 2 aromatic rings. The van der Waals surface area contributed by atoms with Gasteiger partial charge in [-0.3, -0.25) is 25.3 Å². The van der Waals surface area contributed by atoms with E-state index in [9.17, 15) is 9.59 Å². The molecule has 0 fully saturated rings. The summed E-state index contributed by atoms with van der Waals surface area (Å²) in [5.41, 5.74) is 6.33. The molecule has 0 unspecified atom stereocenters. The molecule has 0 aromatic heterocycles. The van der Waals surface area contributed by atoms with Gasteiger partial charge in [-0.15, -0.1) is 0 Å². The van der Waals surface area contributed by atoms with Crippen molar-refractivity contribution >= 4 is 52.1 Å². The zero-order valence-corrected chi connectivity index (χ0v) is 15.8. The molecule has 3 rings (SSSR count). The highest BCUT2D eigenvalue weighted by Crippen LogP contribution is 2.30. The molecule has 9 heteroatoms. The molecule has 2 aromatic carbocycles.